The number of anilines is 1. The first-order chi connectivity index (χ1) is 17.2. The van der Waals surface area contributed by atoms with Gasteiger partial charge in [-0.3, -0.25) is 9.59 Å². The highest BCUT2D eigenvalue weighted by molar-refractivity contribution is 8.04. The van der Waals surface area contributed by atoms with E-state index < -0.39 is 31.8 Å². The molecule has 0 fully saturated rings. The van der Waals surface area contributed by atoms with Crippen molar-refractivity contribution >= 4 is 100 Å². The maximum absolute atomic E-state index is 12.5. The number of fused-ring (bicyclic) bond motifs is 2. The van der Waals surface area contributed by atoms with Crippen molar-refractivity contribution in [3.8, 4) is 0 Å². The molecule has 0 spiro atoms. The first kappa shape index (κ1) is 27.8. The number of hydrogen-bond donors (Lipinski definition) is 2. The molecule has 4 rings (SSSR count). The Bertz CT molecular complexity index is 1700. The smallest absolute Gasteiger partial charge is 0.299 e. The average Bonchev–Trinajstić information content (AvgIpc) is 3.23. The molecule has 2 aromatic carbocycles. The molecule has 0 bridgehead atoms. The standard InChI is InChI=1S/C21H18Cl2N4O6S4/c1-36(30,31)24-18(28)10-26-14-7-12(22)3-5-16(14)34-20(26)9-21-27(11-19(29)25-37(2,32)33)15-8-13(23)4-6-17(15)35-21/h3-9H,10-11H2,1-2H3,(H-,24,25,28,29,30,31)/p+1. The van der Waals surface area contributed by atoms with E-state index in [0.717, 1.165) is 22.1 Å². The third-order valence-electron chi connectivity index (χ3n) is 4.80. The van der Waals surface area contributed by atoms with E-state index in [4.69, 9.17) is 23.2 Å². The number of nitrogens with zero attached hydrogens (tertiary/aromatic N) is 3. The summed E-state index contributed by atoms with van der Waals surface area (Å²) < 4.78 is 52.0. The topological polar surface area (TPSA) is 137 Å². The summed E-state index contributed by atoms with van der Waals surface area (Å²) in [5.74, 6) is -1.55. The lowest BCUT2D eigenvalue weighted by molar-refractivity contribution is -0.655. The van der Waals surface area contributed by atoms with Crippen LogP contribution in [0.1, 0.15) is 5.01 Å². The first-order valence-electron chi connectivity index (χ1n) is 10.2. The van der Waals surface area contributed by atoms with Crippen LogP contribution in [-0.4, -0.2) is 48.1 Å². The number of amides is 2. The zero-order valence-electron chi connectivity index (χ0n) is 19.2. The van der Waals surface area contributed by atoms with E-state index in [2.05, 4.69) is 4.36 Å². The van der Waals surface area contributed by atoms with Crippen LogP contribution in [0.3, 0.4) is 0 Å². The van der Waals surface area contributed by atoms with E-state index in [1.165, 1.54) is 23.1 Å². The molecule has 1 aromatic heterocycles. The Balaban J connectivity index is 1.82. The molecule has 1 aliphatic rings. The second-order valence-electron chi connectivity index (χ2n) is 7.97. The molecule has 0 saturated carbocycles. The highest BCUT2D eigenvalue weighted by atomic mass is 35.5. The zero-order chi connectivity index (χ0) is 27.1. The Hall–Kier alpha value is -2.20. The van der Waals surface area contributed by atoms with Gasteiger partial charge in [-0.15, -0.1) is 4.36 Å². The second-order valence-corrected chi connectivity index (χ2v) is 14.4. The molecule has 37 heavy (non-hydrogen) atoms. The van der Waals surface area contributed by atoms with Crippen molar-refractivity contribution in [3.05, 3.63) is 56.5 Å². The van der Waals surface area contributed by atoms with Crippen LogP contribution >= 0.6 is 46.3 Å². The summed E-state index contributed by atoms with van der Waals surface area (Å²) in [4.78, 5) is 27.4. The summed E-state index contributed by atoms with van der Waals surface area (Å²) in [5, 5.41) is 2.00. The minimum absolute atomic E-state index is 0.313. The molecule has 3 aromatic rings. The Morgan fingerprint density at radius 1 is 1.14 bits per heavy atom. The van der Waals surface area contributed by atoms with Crippen LogP contribution in [0.4, 0.5) is 5.69 Å². The molecule has 1 aliphatic heterocycles. The van der Waals surface area contributed by atoms with Gasteiger partial charge in [0.25, 0.3) is 16.8 Å². The molecular weight excluding hydrogens is 603 g/mol. The third kappa shape index (κ3) is 7.02. The normalized spacial score (nSPS) is 16.0. The molecule has 1 atom stereocenters. The number of carbonyl (C=O) groups is 2. The number of benzene rings is 2. The molecule has 1 unspecified atom stereocenters. The molecular formula is C21H19Cl2N4O6S4+. The molecule has 2 amide bonds. The van der Waals surface area contributed by atoms with Crippen LogP contribution in [-0.2, 0) is 36.2 Å². The Kier molecular flexibility index (Phi) is 7.91. The van der Waals surface area contributed by atoms with Crippen LogP contribution in [0, 0.1) is 0 Å². The SMILES string of the molecule is CS(=O)(=O)NC(=O)C[n+]1c(C=C2Sc3ccc(Cl)cc3N2CC(=O)N=S(C)(=O)O)sc2ccc(Cl)cc21. The van der Waals surface area contributed by atoms with Crippen molar-refractivity contribution in [2.75, 3.05) is 24.0 Å². The summed E-state index contributed by atoms with van der Waals surface area (Å²) in [6.45, 7) is -0.643. The fraction of sp³-hybridized carbons (Fsp3) is 0.190. The van der Waals surface area contributed by atoms with Gasteiger partial charge in [-0.25, -0.2) is 17.3 Å². The van der Waals surface area contributed by atoms with Crippen molar-refractivity contribution in [1.82, 2.24) is 4.72 Å². The molecule has 0 saturated heterocycles. The fourth-order valence-electron chi connectivity index (χ4n) is 3.53. The maximum Gasteiger partial charge on any atom is 0.299 e. The molecule has 0 radical (unpaired) electrons. The van der Waals surface area contributed by atoms with Crippen molar-refractivity contribution in [3.63, 3.8) is 0 Å². The van der Waals surface area contributed by atoms with Gasteiger partial charge in [0.1, 0.15) is 11.2 Å². The number of halogens is 2. The van der Waals surface area contributed by atoms with Gasteiger partial charge >= 0.3 is 0 Å². The lowest BCUT2D eigenvalue weighted by atomic mass is 10.3. The lowest BCUT2D eigenvalue weighted by Gasteiger charge is -2.18. The summed E-state index contributed by atoms with van der Waals surface area (Å²) in [6, 6.07) is 10.3. The first-order valence-corrected chi connectivity index (χ1v) is 16.4. The number of rotatable bonds is 6. The van der Waals surface area contributed by atoms with E-state index in [9.17, 15) is 26.8 Å². The number of sulfonamides is 1. The molecule has 16 heteroatoms. The molecule has 2 N–H and O–H groups in total. The number of thioether (sulfide) groups is 1. The highest BCUT2D eigenvalue weighted by Crippen LogP contribution is 2.47. The van der Waals surface area contributed by atoms with Gasteiger partial charge in [-0.05, 0) is 30.3 Å². The van der Waals surface area contributed by atoms with Gasteiger partial charge in [0.05, 0.1) is 23.0 Å². The monoisotopic (exact) mass is 621 g/mol. The number of hydrogen-bond acceptors (Lipinski definition) is 8. The van der Waals surface area contributed by atoms with Crippen LogP contribution in [0.25, 0.3) is 16.3 Å². The minimum atomic E-state index is -3.77. The fourth-order valence-corrected chi connectivity index (χ4v) is 7.01. The van der Waals surface area contributed by atoms with Gasteiger partial charge in [0, 0.05) is 27.3 Å². The predicted molar refractivity (Wildman–Crippen MR) is 147 cm³/mol. The molecule has 0 aliphatic carbocycles. The van der Waals surface area contributed by atoms with E-state index in [0.29, 0.717) is 31.3 Å². The summed E-state index contributed by atoms with van der Waals surface area (Å²) in [6.07, 6.45) is 3.57. The second kappa shape index (κ2) is 10.5. The Morgan fingerprint density at radius 3 is 2.49 bits per heavy atom. The Morgan fingerprint density at radius 2 is 1.81 bits per heavy atom. The lowest BCUT2D eigenvalue weighted by Crippen LogP contribution is -2.45. The molecule has 10 nitrogen and oxygen atoms in total. The van der Waals surface area contributed by atoms with Crippen molar-refractivity contribution in [2.24, 2.45) is 4.36 Å². The molecule has 196 valence electrons. The van der Waals surface area contributed by atoms with Gasteiger partial charge in [0.15, 0.2) is 10.0 Å². The number of thiazole rings is 1. The van der Waals surface area contributed by atoms with E-state index in [1.54, 1.807) is 51.9 Å². The zero-order valence-corrected chi connectivity index (χ0v) is 24.0. The molecule has 2 heterocycles. The van der Waals surface area contributed by atoms with Crippen LogP contribution < -0.4 is 14.2 Å². The number of nitrogens with one attached hydrogen (secondary N) is 1. The van der Waals surface area contributed by atoms with Gasteiger partial charge in [0.2, 0.25) is 22.1 Å². The van der Waals surface area contributed by atoms with Gasteiger partial charge in [-0.2, -0.15) is 4.57 Å². The van der Waals surface area contributed by atoms with E-state index >= 15 is 0 Å². The van der Waals surface area contributed by atoms with Crippen LogP contribution in [0.2, 0.25) is 10.0 Å². The summed E-state index contributed by atoms with van der Waals surface area (Å²) in [5.41, 5.74) is 1.22. The van der Waals surface area contributed by atoms with Crippen LogP contribution in [0.15, 0.2) is 50.7 Å². The highest BCUT2D eigenvalue weighted by Gasteiger charge is 2.31. The van der Waals surface area contributed by atoms with Crippen molar-refractivity contribution < 1.29 is 31.3 Å². The van der Waals surface area contributed by atoms with Gasteiger partial charge in [-0.1, -0.05) is 46.3 Å². The third-order valence-corrected chi connectivity index (χ3v) is 8.63. The predicted octanol–water partition coefficient (Wildman–Crippen LogP) is 3.58. The van der Waals surface area contributed by atoms with Gasteiger partial charge < -0.3 is 9.45 Å². The Labute approximate surface area is 231 Å². The maximum atomic E-state index is 12.5. The van der Waals surface area contributed by atoms with Crippen LogP contribution in [0.5, 0.6) is 0 Å². The average molecular weight is 623 g/mol. The largest absolute Gasteiger partial charge is 0.325 e. The summed E-state index contributed by atoms with van der Waals surface area (Å²) >= 11 is 15.0. The van der Waals surface area contributed by atoms with E-state index in [-0.39, 0.29) is 13.1 Å². The number of carbonyl (C=O) groups excluding carboxylic acids is 2. The quantitative estimate of drug-likeness (QED) is 0.398. The van der Waals surface area contributed by atoms with Crippen molar-refractivity contribution in [2.45, 2.75) is 11.4 Å². The van der Waals surface area contributed by atoms with Crippen molar-refractivity contribution in [1.29, 1.82) is 0 Å². The number of aromatic nitrogens is 1. The van der Waals surface area contributed by atoms with E-state index in [1.807, 2.05) is 4.72 Å². The summed E-state index contributed by atoms with van der Waals surface area (Å²) in [7, 11) is -7.41. The minimum Gasteiger partial charge on any atom is -0.325 e.